The number of amides is 1. The highest BCUT2D eigenvalue weighted by Crippen LogP contribution is 2.38. The minimum absolute atomic E-state index is 0.117. The van der Waals surface area contributed by atoms with Gasteiger partial charge in [-0.05, 0) is 32.8 Å². The SMILES string of the molecule is COCc1cc2c(Nc3cc([C@@H]4CC[C@H](OC(=O)NC(C)C)[C@H]4F)[nH]n3)nc(C(F)F)cn2n1. The second kappa shape index (κ2) is 9.87. The van der Waals surface area contributed by atoms with Gasteiger partial charge in [-0.25, -0.2) is 27.5 Å². The highest BCUT2D eigenvalue weighted by atomic mass is 19.3. The van der Waals surface area contributed by atoms with Crippen molar-refractivity contribution in [1.29, 1.82) is 0 Å². The molecule has 0 spiro atoms. The van der Waals surface area contributed by atoms with Crippen LogP contribution in [0.1, 0.15) is 56.1 Å². The van der Waals surface area contributed by atoms with Gasteiger partial charge in [0.25, 0.3) is 6.43 Å². The smallest absolute Gasteiger partial charge is 0.407 e. The normalized spacial score (nSPS) is 20.4. The molecular formula is C21H26F3N7O3. The predicted octanol–water partition coefficient (Wildman–Crippen LogP) is 4.00. The van der Waals surface area contributed by atoms with Crippen LogP contribution in [0, 0.1) is 0 Å². The third-order valence-corrected chi connectivity index (χ3v) is 5.45. The summed E-state index contributed by atoms with van der Waals surface area (Å²) < 4.78 is 53.3. The molecule has 4 rings (SSSR count). The molecule has 13 heteroatoms. The Labute approximate surface area is 193 Å². The average molecular weight is 481 g/mol. The van der Waals surface area contributed by atoms with Gasteiger partial charge >= 0.3 is 6.09 Å². The summed E-state index contributed by atoms with van der Waals surface area (Å²) in [4.78, 5) is 15.8. The molecule has 1 fully saturated rings. The van der Waals surface area contributed by atoms with E-state index in [1.807, 2.05) is 0 Å². The van der Waals surface area contributed by atoms with E-state index in [9.17, 15) is 13.6 Å². The van der Waals surface area contributed by atoms with Crippen LogP contribution in [0.3, 0.4) is 0 Å². The van der Waals surface area contributed by atoms with Gasteiger partial charge in [0, 0.05) is 30.8 Å². The van der Waals surface area contributed by atoms with E-state index in [0.717, 1.165) is 6.20 Å². The van der Waals surface area contributed by atoms with Crippen molar-refractivity contribution in [2.24, 2.45) is 0 Å². The molecule has 0 radical (unpaired) electrons. The van der Waals surface area contributed by atoms with Crippen molar-refractivity contribution in [3.63, 3.8) is 0 Å². The van der Waals surface area contributed by atoms with Gasteiger partial charge in [0.1, 0.15) is 23.5 Å². The van der Waals surface area contributed by atoms with Crippen LogP contribution < -0.4 is 10.6 Å². The van der Waals surface area contributed by atoms with Crippen molar-refractivity contribution >= 4 is 23.2 Å². The molecule has 184 valence electrons. The van der Waals surface area contributed by atoms with Crippen molar-refractivity contribution in [1.82, 2.24) is 30.1 Å². The maximum Gasteiger partial charge on any atom is 0.407 e. The highest BCUT2D eigenvalue weighted by molar-refractivity contribution is 5.72. The third-order valence-electron chi connectivity index (χ3n) is 5.45. The number of hydrogen-bond acceptors (Lipinski definition) is 7. The van der Waals surface area contributed by atoms with Gasteiger partial charge in [0.2, 0.25) is 0 Å². The van der Waals surface area contributed by atoms with Crippen LogP contribution in [-0.4, -0.2) is 56.3 Å². The summed E-state index contributed by atoms with van der Waals surface area (Å²) in [7, 11) is 1.50. The monoisotopic (exact) mass is 481 g/mol. The molecule has 0 saturated heterocycles. The molecule has 3 N–H and O–H groups in total. The topological polar surface area (TPSA) is 118 Å². The largest absolute Gasteiger partial charge is 0.443 e. The van der Waals surface area contributed by atoms with Gasteiger partial charge in [-0.2, -0.15) is 10.2 Å². The number of hydrogen-bond donors (Lipinski definition) is 3. The Morgan fingerprint density at radius 3 is 2.82 bits per heavy atom. The van der Waals surface area contributed by atoms with Crippen molar-refractivity contribution in [3.8, 4) is 0 Å². The maximum atomic E-state index is 15.0. The van der Waals surface area contributed by atoms with Crippen LogP contribution in [0.25, 0.3) is 5.52 Å². The number of anilines is 2. The zero-order chi connectivity index (χ0) is 24.4. The van der Waals surface area contributed by atoms with E-state index in [1.165, 1.54) is 11.6 Å². The number of H-pyrrole nitrogens is 1. The molecule has 0 aromatic carbocycles. The van der Waals surface area contributed by atoms with E-state index in [4.69, 9.17) is 9.47 Å². The first-order chi connectivity index (χ1) is 16.2. The number of alkyl carbamates (subject to hydrolysis) is 1. The molecule has 0 unspecified atom stereocenters. The predicted molar refractivity (Wildman–Crippen MR) is 116 cm³/mol. The van der Waals surface area contributed by atoms with Gasteiger partial charge in [0.05, 0.1) is 18.5 Å². The lowest BCUT2D eigenvalue weighted by Gasteiger charge is -2.18. The first kappa shape index (κ1) is 23.8. The van der Waals surface area contributed by atoms with Gasteiger partial charge in [-0.3, -0.25) is 5.10 Å². The summed E-state index contributed by atoms with van der Waals surface area (Å²) >= 11 is 0. The number of nitrogens with zero attached hydrogens (tertiary/aromatic N) is 4. The standard InChI is InChI=1S/C21H26F3N7O3/c1-10(2)25-21(32)34-16-5-4-12(18(16)22)13-7-17(29-28-13)27-20-15-6-11(9-33-3)30-31(15)8-14(26-20)19(23)24/h6-8,10,12,16,18-19H,4-5,9H2,1-3H3,(H,25,32)(H2,26,27,28,29)/t12-,16-,18-/m0/s1. The fourth-order valence-electron chi connectivity index (χ4n) is 3.97. The Kier molecular flexibility index (Phi) is 6.91. The summed E-state index contributed by atoms with van der Waals surface area (Å²) in [6.07, 6.45) is -3.75. The Morgan fingerprint density at radius 1 is 1.32 bits per heavy atom. The zero-order valence-corrected chi connectivity index (χ0v) is 18.9. The molecular weight excluding hydrogens is 455 g/mol. The molecule has 1 aliphatic rings. The number of methoxy groups -OCH3 is 1. The van der Waals surface area contributed by atoms with Crippen LogP contribution in [0.4, 0.5) is 29.6 Å². The van der Waals surface area contributed by atoms with E-state index in [2.05, 4.69) is 30.9 Å². The van der Waals surface area contributed by atoms with Gasteiger partial charge < -0.3 is 20.1 Å². The lowest BCUT2D eigenvalue weighted by Crippen LogP contribution is -2.36. The minimum atomic E-state index is -2.80. The van der Waals surface area contributed by atoms with Crippen LogP contribution in [0.2, 0.25) is 0 Å². The number of carbonyl (C=O) groups excluding carboxylic acids is 1. The van der Waals surface area contributed by atoms with E-state index < -0.39 is 36.4 Å². The zero-order valence-electron chi connectivity index (χ0n) is 18.9. The first-order valence-corrected chi connectivity index (χ1v) is 10.8. The Hall–Kier alpha value is -3.35. The van der Waals surface area contributed by atoms with E-state index in [-0.39, 0.29) is 24.3 Å². The fourth-order valence-corrected chi connectivity index (χ4v) is 3.97. The highest BCUT2D eigenvalue weighted by Gasteiger charge is 2.41. The summed E-state index contributed by atoms with van der Waals surface area (Å²) in [6.45, 7) is 3.77. The summed E-state index contributed by atoms with van der Waals surface area (Å²) in [5, 5.41) is 16.6. The quantitative estimate of drug-likeness (QED) is 0.445. The number of alkyl halides is 3. The van der Waals surface area contributed by atoms with Crippen LogP contribution in [-0.2, 0) is 16.1 Å². The number of carbonyl (C=O) groups is 1. The molecule has 0 bridgehead atoms. The number of aromatic amines is 1. The van der Waals surface area contributed by atoms with Crippen molar-refractivity contribution in [2.75, 3.05) is 12.4 Å². The van der Waals surface area contributed by atoms with Crippen LogP contribution in [0.5, 0.6) is 0 Å². The molecule has 3 heterocycles. The molecule has 3 aromatic rings. The van der Waals surface area contributed by atoms with Crippen LogP contribution in [0.15, 0.2) is 18.3 Å². The molecule has 3 aromatic heterocycles. The number of ether oxygens (including phenoxy) is 2. The number of rotatable bonds is 8. The van der Waals surface area contributed by atoms with Crippen LogP contribution >= 0.6 is 0 Å². The van der Waals surface area contributed by atoms with Gasteiger partial charge in [0.15, 0.2) is 11.6 Å². The fraction of sp³-hybridized carbons (Fsp3) is 0.524. The van der Waals surface area contributed by atoms with Crippen molar-refractivity contribution in [2.45, 2.75) is 64.0 Å². The minimum Gasteiger partial charge on any atom is -0.443 e. The molecule has 10 nitrogen and oxygen atoms in total. The number of fused-ring (bicyclic) bond motifs is 1. The van der Waals surface area contributed by atoms with Gasteiger partial charge in [-0.1, -0.05) is 0 Å². The summed E-state index contributed by atoms with van der Waals surface area (Å²) in [5.74, 6) is -0.150. The second-order valence-electron chi connectivity index (χ2n) is 8.42. The third kappa shape index (κ3) is 5.08. The van der Waals surface area contributed by atoms with Crippen molar-refractivity contribution < 1.29 is 27.4 Å². The Bertz CT molecular complexity index is 1150. The molecule has 1 saturated carbocycles. The molecule has 1 amide bonds. The summed E-state index contributed by atoms with van der Waals surface area (Å²) in [6, 6.07) is 3.14. The number of aromatic nitrogens is 5. The van der Waals surface area contributed by atoms with E-state index in [0.29, 0.717) is 29.7 Å². The van der Waals surface area contributed by atoms with E-state index >= 15 is 4.39 Å². The second-order valence-corrected chi connectivity index (χ2v) is 8.42. The van der Waals surface area contributed by atoms with Gasteiger partial charge in [-0.15, -0.1) is 0 Å². The summed E-state index contributed by atoms with van der Waals surface area (Å²) in [5.41, 5.74) is 1.03. The molecule has 3 atom stereocenters. The first-order valence-electron chi connectivity index (χ1n) is 10.8. The Morgan fingerprint density at radius 2 is 2.12 bits per heavy atom. The average Bonchev–Trinajstić information content (AvgIpc) is 3.47. The van der Waals surface area contributed by atoms with E-state index in [1.54, 1.807) is 26.0 Å². The molecule has 0 aliphatic heterocycles. The Balaban J connectivity index is 1.51. The molecule has 34 heavy (non-hydrogen) atoms. The number of halogens is 3. The molecule has 1 aliphatic carbocycles. The number of nitrogens with one attached hydrogen (secondary N) is 3. The lowest BCUT2D eigenvalue weighted by atomic mass is 10.0. The maximum absolute atomic E-state index is 15.0. The lowest BCUT2D eigenvalue weighted by molar-refractivity contribution is 0.0555. The van der Waals surface area contributed by atoms with Crippen molar-refractivity contribution in [3.05, 3.63) is 35.4 Å².